The fraction of sp³-hybridized carbons (Fsp3) is 0.333. The molecule has 34 heavy (non-hydrogen) atoms. The fourth-order valence-corrected chi connectivity index (χ4v) is 3.28. The predicted molar refractivity (Wildman–Crippen MR) is 124 cm³/mol. The summed E-state index contributed by atoms with van der Waals surface area (Å²) >= 11 is 0. The lowest BCUT2D eigenvalue weighted by molar-refractivity contribution is -0.142. The lowest BCUT2D eigenvalue weighted by Gasteiger charge is -2.25. The van der Waals surface area contributed by atoms with E-state index in [1.165, 1.54) is 6.92 Å². The highest BCUT2D eigenvalue weighted by Gasteiger charge is 2.31. The molecule has 0 heterocycles. The SMILES string of the molecule is CC(O)C(NC(=O)CN)C(=O)NC(Cc1ccccc1)C(=O)NC(Cc1ccccc1)C(=O)O. The molecule has 3 amide bonds. The van der Waals surface area contributed by atoms with E-state index in [9.17, 15) is 29.4 Å². The van der Waals surface area contributed by atoms with Crippen molar-refractivity contribution >= 4 is 23.7 Å². The fourth-order valence-electron chi connectivity index (χ4n) is 3.28. The molecule has 0 bridgehead atoms. The number of hydrogen-bond donors (Lipinski definition) is 6. The number of aliphatic carboxylic acids is 1. The Kier molecular flexibility index (Phi) is 10.2. The summed E-state index contributed by atoms with van der Waals surface area (Å²) in [5.74, 6) is -3.39. The molecule has 4 unspecified atom stereocenters. The largest absolute Gasteiger partial charge is 0.480 e. The van der Waals surface area contributed by atoms with Gasteiger partial charge in [0, 0.05) is 12.8 Å². The van der Waals surface area contributed by atoms with Gasteiger partial charge < -0.3 is 31.9 Å². The van der Waals surface area contributed by atoms with Gasteiger partial charge in [0.2, 0.25) is 17.7 Å². The number of carbonyl (C=O) groups excluding carboxylic acids is 3. The van der Waals surface area contributed by atoms with Crippen LogP contribution in [0.25, 0.3) is 0 Å². The van der Waals surface area contributed by atoms with Gasteiger partial charge in [0.05, 0.1) is 12.6 Å². The average Bonchev–Trinajstić information content (AvgIpc) is 2.82. The number of rotatable bonds is 12. The number of hydrogen-bond acceptors (Lipinski definition) is 6. The summed E-state index contributed by atoms with van der Waals surface area (Å²) < 4.78 is 0. The minimum absolute atomic E-state index is 0.0524. The summed E-state index contributed by atoms with van der Waals surface area (Å²) in [6, 6.07) is 13.9. The summed E-state index contributed by atoms with van der Waals surface area (Å²) in [5, 5.41) is 26.9. The number of nitrogens with one attached hydrogen (secondary N) is 3. The second kappa shape index (κ2) is 13.1. The number of carbonyl (C=O) groups is 4. The van der Waals surface area contributed by atoms with Crippen LogP contribution in [0, 0.1) is 0 Å². The van der Waals surface area contributed by atoms with E-state index in [0.717, 1.165) is 11.1 Å². The molecule has 4 atom stereocenters. The van der Waals surface area contributed by atoms with Crippen molar-refractivity contribution in [2.24, 2.45) is 5.73 Å². The minimum atomic E-state index is -1.35. The lowest BCUT2D eigenvalue weighted by Crippen LogP contribution is -2.59. The highest BCUT2D eigenvalue weighted by Crippen LogP contribution is 2.08. The van der Waals surface area contributed by atoms with E-state index < -0.39 is 47.9 Å². The Morgan fingerprint density at radius 2 is 1.26 bits per heavy atom. The molecule has 2 rings (SSSR count). The molecule has 10 nitrogen and oxygen atoms in total. The summed E-state index contributed by atoms with van der Waals surface area (Å²) in [6.45, 7) is 0.928. The standard InChI is InChI=1S/C24H30N4O6/c1-15(29)21(28-20(30)14-25)23(32)26-18(12-16-8-4-2-5-9-16)22(31)27-19(24(33)34)13-17-10-6-3-7-11-17/h2-11,15,18-19,21,29H,12-14,25H2,1H3,(H,26,32)(H,27,31)(H,28,30)(H,33,34). The third-order valence-electron chi connectivity index (χ3n) is 5.08. The first-order chi connectivity index (χ1) is 16.2. The predicted octanol–water partition coefficient (Wildman–Crippen LogP) is -0.650. The highest BCUT2D eigenvalue weighted by atomic mass is 16.4. The smallest absolute Gasteiger partial charge is 0.326 e. The van der Waals surface area contributed by atoms with Crippen LogP contribution in [-0.2, 0) is 32.0 Å². The first kappa shape index (κ1) is 26.5. The van der Waals surface area contributed by atoms with Crippen molar-refractivity contribution in [3.63, 3.8) is 0 Å². The van der Waals surface area contributed by atoms with Crippen LogP contribution in [0.3, 0.4) is 0 Å². The number of amides is 3. The first-order valence-electron chi connectivity index (χ1n) is 10.8. The van der Waals surface area contributed by atoms with Crippen LogP contribution in [0.1, 0.15) is 18.1 Å². The maximum atomic E-state index is 13.1. The number of carboxylic acid groups (broad SMARTS) is 1. The molecule has 0 aliphatic rings. The lowest BCUT2D eigenvalue weighted by atomic mass is 10.0. The van der Waals surface area contributed by atoms with Crippen LogP contribution in [0.5, 0.6) is 0 Å². The maximum absolute atomic E-state index is 13.1. The van der Waals surface area contributed by atoms with Gasteiger partial charge in [-0.2, -0.15) is 0 Å². The highest BCUT2D eigenvalue weighted by molar-refractivity contribution is 5.94. The van der Waals surface area contributed by atoms with Crippen LogP contribution < -0.4 is 21.7 Å². The van der Waals surface area contributed by atoms with E-state index in [1.807, 2.05) is 0 Å². The summed E-state index contributed by atoms with van der Waals surface area (Å²) in [5.41, 5.74) is 6.71. The van der Waals surface area contributed by atoms with Gasteiger partial charge in [-0.3, -0.25) is 14.4 Å². The quantitative estimate of drug-likeness (QED) is 0.239. The molecule has 0 aromatic heterocycles. The van der Waals surface area contributed by atoms with E-state index in [-0.39, 0.29) is 19.4 Å². The summed E-state index contributed by atoms with van der Waals surface area (Å²) in [7, 11) is 0. The van der Waals surface area contributed by atoms with Gasteiger partial charge in [0.25, 0.3) is 0 Å². The molecule has 2 aromatic carbocycles. The van der Waals surface area contributed by atoms with Crippen molar-refractivity contribution in [2.45, 2.75) is 44.0 Å². The molecule has 7 N–H and O–H groups in total. The van der Waals surface area contributed by atoms with E-state index in [4.69, 9.17) is 5.73 Å². The van der Waals surface area contributed by atoms with Gasteiger partial charge in [-0.05, 0) is 18.1 Å². The Bertz CT molecular complexity index is 968. The monoisotopic (exact) mass is 470 g/mol. The zero-order valence-electron chi connectivity index (χ0n) is 18.8. The van der Waals surface area contributed by atoms with Gasteiger partial charge in [0.1, 0.15) is 18.1 Å². The van der Waals surface area contributed by atoms with E-state index in [1.54, 1.807) is 60.7 Å². The number of benzene rings is 2. The van der Waals surface area contributed by atoms with Gasteiger partial charge in [-0.15, -0.1) is 0 Å². The topological polar surface area (TPSA) is 171 Å². The van der Waals surface area contributed by atoms with Crippen molar-refractivity contribution in [1.29, 1.82) is 0 Å². The molecule has 2 aromatic rings. The van der Waals surface area contributed by atoms with Crippen LogP contribution in [0.4, 0.5) is 0 Å². The molecular formula is C24H30N4O6. The van der Waals surface area contributed by atoms with Gasteiger partial charge in [-0.1, -0.05) is 60.7 Å². The first-order valence-corrected chi connectivity index (χ1v) is 10.8. The Morgan fingerprint density at radius 3 is 1.71 bits per heavy atom. The van der Waals surface area contributed by atoms with Crippen molar-refractivity contribution in [3.05, 3.63) is 71.8 Å². The molecule has 0 radical (unpaired) electrons. The molecule has 0 spiro atoms. The van der Waals surface area contributed by atoms with Crippen LogP contribution in [0.15, 0.2) is 60.7 Å². The molecule has 10 heteroatoms. The zero-order valence-corrected chi connectivity index (χ0v) is 18.8. The Morgan fingerprint density at radius 1 is 0.794 bits per heavy atom. The van der Waals surface area contributed by atoms with Crippen molar-refractivity contribution in [2.75, 3.05) is 6.54 Å². The van der Waals surface area contributed by atoms with Crippen LogP contribution in [0.2, 0.25) is 0 Å². The van der Waals surface area contributed by atoms with Crippen molar-refractivity contribution in [1.82, 2.24) is 16.0 Å². The Labute approximate surface area is 197 Å². The third kappa shape index (κ3) is 8.30. The van der Waals surface area contributed by atoms with Crippen LogP contribution >= 0.6 is 0 Å². The number of carboxylic acids is 1. The van der Waals surface area contributed by atoms with Crippen molar-refractivity contribution in [3.8, 4) is 0 Å². The zero-order chi connectivity index (χ0) is 25.1. The summed E-state index contributed by atoms with van der Waals surface area (Å²) in [6.07, 6.45) is -1.15. The second-order valence-corrected chi connectivity index (χ2v) is 7.83. The molecule has 0 saturated carbocycles. The van der Waals surface area contributed by atoms with E-state index in [0.29, 0.717) is 0 Å². The number of aliphatic hydroxyl groups excluding tert-OH is 1. The van der Waals surface area contributed by atoms with Crippen LogP contribution in [-0.4, -0.2) is 64.7 Å². The van der Waals surface area contributed by atoms with Crippen molar-refractivity contribution < 1.29 is 29.4 Å². The number of aliphatic hydroxyl groups is 1. The van der Waals surface area contributed by atoms with E-state index in [2.05, 4.69) is 16.0 Å². The Hall–Kier alpha value is -3.76. The van der Waals surface area contributed by atoms with Gasteiger partial charge in [0.15, 0.2) is 0 Å². The molecule has 0 saturated heterocycles. The maximum Gasteiger partial charge on any atom is 0.326 e. The Balaban J connectivity index is 2.22. The van der Waals surface area contributed by atoms with E-state index >= 15 is 0 Å². The molecule has 0 aliphatic carbocycles. The third-order valence-corrected chi connectivity index (χ3v) is 5.08. The molecule has 0 fully saturated rings. The average molecular weight is 471 g/mol. The number of nitrogens with two attached hydrogens (primary N) is 1. The molecular weight excluding hydrogens is 440 g/mol. The normalized spacial score (nSPS) is 14.2. The van der Waals surface area contributed by atoms with Gasteiger partial charge >= 0.3 is 5.97 Å². The summed E-state index contributed by atoms with van der Waals surface area (Å²) in [4.78, 5) is 49.4. The minimum Gasteiger partial charge on any atom is -0.480 e. The molecule has 0 aliphatic heterocycles. The second-order valence-electron chi connectivity index (χ2n) is 7.83. The molecule has 182 valence electrons. The van der Waals surface area contributed by atoms with Gasteiger partial charge in [-0.25, -0.2) is 4.79 Å².